The van der Waals surface area contributed by atoms with Gasteiger partial charge in [0.2, 0.25) is 0 Å². The summed E-state index contributed by atoms with van der Waals surface area (Å²) in [7, 11) is -4.47. The first-order chi connectivity index (χ1) is 15.5. The molecular formula is C28H44BaO4S. The zero-order valence-electron chi connectivity index (χ0n) is 21.5. The average Bonchev–Trinajstić information content (AvgIpc) is 2.76. The Morgan fingerprint density at radius 2 is 1.18 bits per heavy atom. The fourth-order valence-electron chi connectivity index (χ4n) is 4.62. The largest absolute Gasteiger partial charge is 2.00 e. The Morgan fingerprint density at radius 1 is 0.676 bits per heavy atom. The summed E-state index contributed by atoms with van der Waals surface area (Å²) < 4.78 is 35.7. The monoisotopic (exact) mass is 614 g/mol. The van der Waals surface area contributed by atoms with Gasteiger partial charge in [-0.15, -0.1) is 0 Å². The van der Waals surface area contributed by atoms with Crippen LogP contribution in [0.2, 0.25) is 0 Å². The van der Waals surface area contributed by atoms with Crippen LogP contribution in [0.4, 0.5) is 0 Å². The molecule has 2 rings (SSSR count). The van der Waals surface area contributed by atoms with Crippen molar-refractivity contribution in [2.24, 2.45) is 0 Å². The molecular weight excluding hydrogens is 570 g/mol. The van der Waals surface area contributed by atoms with Crippen molar-refractivity contribution in [1.82, 2.24) is 0 Å². The summed E-state index contributed by atoms with van der Waals surface area (Å²) in [6, 6.07) is 9.68. The van der Waals surface area contributed by atoms with E-state index in [2.05, 4.69) is 26.0 Å². The van der Waals surface area contributed by atoms with Gasteiger partial charge in [0.1, 0.15) is 10.1 Å². The first-order valence-electron chi connectivity index (χ1n) is 13.0. The first-order valence-corrected chi connectivity index (χ1v) is 14.4. The van der Waals surface area contributed by atoms with E-state index in [0.717, 1.165) is 30.0 Å². The summed E-state index contributed by atoms with van der Waals surface area (Å²) in [5.74, 6) is 0. The van der Waals surface area contributed by atoms with Crippen LogP contribution in [0.3, 0.4) is 0 Å². The third kappa shape index (κ3) is 12.4. The average molecular weight is 614 g/mol. The maximum Gasteiger partial charge on any atom is 2.00 e. The summed E-state index contributed by atoms with van der Waals surface area (Å²) in [4.78, 5) is -0.0317. The normalized spacial score (nSPS) is 11.3. The SMILES string of the molecule is CCCCCCCCCc1ccc2c(CCCCCCCCC)c(S(=O)(=O)[O-])ccc2c1.[Ba+2].[OH-]. The second-order valence-corrected chi connectivity index (χ2v) is 10.6. The molecule has 0 saturated carbocycles. The standard InChI is InChI=1S/C28H44O3S.Ba.H2O/c1-3-5-7-9-11-13-15-17-24-19-21-26-25(23-24)20-22-28(32(29,30)31)27(26)18-16-14-12-10-8-6-4-2;;/h19-23H,3-18H2,1-2H3,(H,29,30,31);;1H2/q;+2;/p-2. The van der Waals surface area contributed by atoms with E-state index < -0.39 is 10.1 Å². The predicted octanol–water partition coefficient (Wildman–Crippen LogP) is 7.77. The zero-order valence-corrected chi connectivity index (χ0v) is 26.7. The van der Waals surface area contributed by atoms with Crippen molar-refractivity contribution >= 4 is 69.8 Å². The maximum atomic E-state index is 11.9. The van der Waals surface area contributed by atoms with Gasteiger partial charge in [-0.3, -0.25) is 0 Å². The van der Waals surface area contributed by atoms with E-state index >= 15 is 0 Å². The Morgan fingerprint density at radius 3 is 1.71 bits per heavy atom. The van der Waals surface area contributed by atoms with E-state index in [-0.39, 0.29) is 59.3 Å². The van der Waals surface area contributed by atoms with E-state index in [9.17, 15) is 13.0 Å². The molecule has 0 radical (unpaired) electrons. The Labute approximate surface area is 248 Å². The summed E-state index contributed by atoms with van der Waals surface area (Å²) in [6.07, 6.45) is 19.0. The van der Waals surface area contributed by atoms with E-state index in [4.69, 9.17) is 0 Å². The minimum Gasteiger partial charge on any atom is -0.870 e. The van der Waals surface area contributed by atoms with Crippen molar-refractivity contribution in [3.8, 4) is 0 Å². The maximum absolute atomic E-state index is 11.9. The number of rotatable bonds is 17. The van der Waals surface area contributed by atoms with Crippen LogP contribution >= 0.6 is 0 Å². The van der Waals surface area contributed by atoms with E-state index in [1.54, 1.807) is 0 Å². The number of benzene rings is 2. The Bertz CT molecular complexity index is 912. The molecule has 4 nitrogen and oxygen atoms in total. The zero-order chi connectivity index (χ0) is 23.2. The summed E-state index contributed by atoms with van der Waals surface area (Å²) in [5.41, 5.74) is 2.01. The Balaban J connectivity index is 0.00000544. The first kappa shape index (κ1) is 34.1. The van der Waals surface area contributed by atoms with Gasteiger partial charge in [-0.05, 0) is 53.6 Å². The van der Waals surface area contributed by atoms with Gasteiger partial charge in [-0.25, -0.2) is 8.42 Å². The quantitative estimate of drug-likeness (QED) is 0.104. The van der Waals surface area contributed by atoms with Gasteiger partial charge in [0.15, 0.2) is 0 Å². The molecule has 0 bridgehead atoms. The molecule has 2 aromatic rings. The van der Waals surface area contributed by atoms with Crippen LogP contribution in [-0.2, 0) is 23.0 Å². The second kappa shape index (κ2) is 19.3. The Kier molecular flexibility index (Phi) is 19.4. The van der Waals surface area contributed by atoms with Crippen molar-refractivity contribution in [2.45, 2.75) is 121 Å². The van der Waals surface area contributed by atoms with Crippen LogP contribution < -0.4 is 0 Å². The second-order valence-electron chi connectivity index (χ2n) is 9.29. The van der Waals surface area contributed by atoms with Crippen LogP contribution in [0, 0.1) is 0 Å². The number of unbranched alkanes of at least 4 members (excludes halogenated alkanes) is 12. The molecule has 188 valence electrons. The van der Waals surface area contributed by atoms with Crippen LogP contribution in [0.5, 0.6) is 0 Å². The molecule has 2 aromatic carbocycles. The Hall–Kier alpha value is 0.141. The minimum atomic E-state index is -4.47. The topological polar surface area (TPSA) is 87.2 Å². The molecule has 0 amide bonds. The molecule has 6 heteroatoms. The van der Waals surface area contributed by atoms with Crippen LogP contribution in [-0.4, -0.2) is 67.3 Å². The van der Waals surface area contributed by atoms with Gasteiger partial charge in [0, 0.05) is 0 Å². The van der Waals surface area contributed by atoms with Gasteiger partial charge >= 0.3 is 48.9 Å². The van der Waals surface area contributed by atoms with Gasteiger partial charge in [0.25, 0.3) is 0 Å². The number of hydrogen-bond donors (Lipinski definition) is 0. The van der Waals surface area contributed by atoms with Crippen molar-refractivity contribution < 1.29 is 18.4 Å². The molecule has 0 spiro atoms. The fraction of sp³-hybridized carbons (Fsp3) is 0.643. The molecule has 0 aliphatic rings. The third-order valence-corrected chi connectivity index (χ3v) is 7.44. The molecule has 0 saturated heterocycles. The molecule has 0 atom stereocenters. The molecule has 1 N–H and O–H groups in total. The number of fused-ring (bicyclic) bond motifs is 1. The van der Waals surface area contributed by atoms with E-state index in [0.29, 0.717) is 12.0 Å². The van der Waals surface area contributed by atoms with E-state index in [1.807, 2.05) is 12.1 Å². The summed E-state index contributed by atoms with van der Waals surface area (Å²) in [5, 5.41) is 1.98. The molecule has 0 heterocycles. The molecule has 0 aliphatic heterocycles. The molecule has 0 unspecified atom stereocenters. The minimum absolute atomic E-state index is 0. The number of hydrogen-bond acceptors (Lipinski definition) is 4. The number of aryl methyl sites for hydroxylation is 2. The molecule has 34 heavy (non-hydrogen) atoms. The van der Waals surface area contributed by atoms with Gasteiger partial charge in [0.05, 0.1) is 4.90 Å². The summed E-state index contributed by atoms with van der Waals surface area (Å²) in [6.45, 7) is 4.46. The van der Waals surface area contributed by atoms with Crippen molar-refractivity contribution in [1.29, 1.82) is 0 Å². The van der Waals surface area contributed by atoms with Crippen LogP contribution in [0.15, 0.2) is 35.2 Å². The molecule has 0 aliphatic carbocycles. The molecule has 0 aromatic heterocycles. The van der Waals surface area contributed by atoms with Crippen LogP contribution in [0.1, 0.15) is 115 Å². The third-order valence-electron chi connectivity index (χ3n) is 6.52. The smallest absolute Gasteiger partial charge is 0.870 e. The van der Waals surface area contributed by atoms with E-state index in [1.165, 1.54) is 88.7 Å². The molecule has 0 fully saturated rings. The predicted molar refractivity (Wildman–Crippen MR) is 143 cm³/mol. The van der Waals surface area contributed by atoms with Gasteiger partial charge in [-0.1, -0.05) is 115 Å². The fourth-order valence-corrected chi connectivity index (χ4v) is 5.36. The van der Waals surface area contributed by atoms with Gasteiger partial charge in [-0.2, -0.15) is 0 Å². The summed E-state index contributed by atoms with van der Waals surface area (Å²) >= 11 is 0. The van der Waals surface area contributed by atoms with Gasteiger partial charge < -0.3 is 10.0 Å². The van der Waals surface area contributed by atoms with Crippen molar-refractivity contribution in [3.63, 3.8) is 0 Å². The van der Waals surface area contributed by atoms with Crippen molar-refractivity contribution in [3.05, 3.63) is 41.5 Å². The van der Waals surface area contributed by atoms with Crippen molar-refractivity contribution in [2.75, 3.05) is 0 Å². The van der Waals surface area contributed by atoms with Crippen LogP contribution in [0.25, 0.3) is 10.8 Å².